The molecule has 108 valence electrons. The van der Waals surface area contributed by atoms with Crippen molar-refractivity contribution in [1.82, 2.24) is 9.97 Å². The minimum Gasteiger partial charge on any atom is -0.361 e. The van der Waals surface area contributed by atoms with Crippen molar-refractivity contribution in [2.75, 3.05) is 0 Å². The Balaban J connectivity index is 2.07. The molecule has 0 saturated carbocycles. The Hall–Kier alpha value is -3.13. The topological polar surface area (TPSA) is 28.7 Å². The summed E-state index contributed by atoms with van der Waals surface area (Å²) >= 11 is 0. The molecule has 3 aromatic carbocycles. The van der Waals surface area contributed by atoms with Crippen LogP contribution >= 0.6 is 0 Å². The van der Waals surface area contributed by atoms with Crippen LogP contribution < -0.4 is 0 Å². The highest BCUT2D eigenvalue weighted by atomic mass is 14.7. The van der Waals surface area contributed by atoms with Crippen LogP contribution in [-0.2, 0) is 0 Å². The second kappa shape index (κ2) is 4.68. The Morgan fingerprint density at radius 3 is 2.26 bits per heavy atom. The highest BCUT2D eigenvalue weighted by Crippen LogP contribution is 2.38. The number of fused-ring (bicyclic) bond motifs is 6. The maximum atomic E-state index is 4.56. The number of nitrogens with zero attached hydrogens (tertiary/aromatic N) is 1. The average Bonchev–Trinajstić information content (AvgIpc) is 3.12. The van der Waals surface area contributed by atoms with Crippen LogP contribution in [0.15, 0.2) is 79.1 Å². The molecule has 0 atom stereocenters. The van der Waals surface area contributed by atoms with E-state index in [1.165, 1.54) is 38.0 Å². The predicted octanol–water partition coefficient (Wildman–Crippen LogP) is 5.54. The van der Waals surface area contributed by atoms with Gasteiger partial charge >= 0.3 is 0 Å². The van der Waals surface area contributed by atoms with Gasteiger partial charge in [-0.3, -0.25) is 4.98 Å². The van der Waals surface area contributed by atoms with E-state index < -0.39 is 0 Å². The first-order valence-corrected chi connectivity index (χ1v) is 7.75. The molecule has 0 amide bonds. The molecular weight excluding hydrogens is 280 g/mol. The van der Waals surface area contributed by atoms with Crippen LogP contribution in [0.2, 0.25) is 0 Å². The van der Waals surface area contributed by atoms with Gasteiger partial charge in [0.25, 0.3) is 0 Å². The first-order chi connectivity index (χ1) is 11.4. The third-order valence-electron chi connectivity index (χ3n) is 4.51. The Morgan fingerprint density at radius 2 is 1.43 bits per heavy atom. The minimum absolute atomic E-state index is 1.00. The normalized spacial score (nSPS) is 11.5. The van der Waals surface area contributed by atoms with E-state index in [0.29, 0.717) is 0 Å². The maximum Gasteiger partial charge on any atom is 0.0708 e. The van der Waals surface area contributed by atoms with E-state index >= 15 is 0 Å². The van der Waals surface area contributed by atoms with Crippen molar-refractivity contribution in [2.24, 2.45) is 0 Å². The molecule has 0 spiro atoms. The monoisotopic (exact) mass is 294 g/mol. The molecule has 2 heterocycles. The molecule has 5 rings (SSSR count). The van der Waals surface area contributed by atoms with Gasteiger partial charge in [-0.05, 0) is 34.4 Å². The number of nitrogens with one attached hydrogen (secondary N) is 1. The summed E-state index contributed by atoms with van der Waals surface area (Å²) in [4.78, 5) is 7.99. The number of benzene rings is 3. The van der Waals surface area contributed by atoms with Gasteiger partial charge in [-0.2, -0.15) is 0 Å². The van der Waals surface area contributed by atoms with Gasteiger partial charge in [0.2, 0.25) is 0 Å². The molecule has 0 aliphatic rings. The van der Waals surface area contributed by atoms with Gasteiger partial charge in [0, 0.05) is 28.7 Å². The highest BCUT2D eigenvalue weighted by Gasteiger charge is 2.13. The molecule has 5 aromatic rings. The van der Waals surface area contributed by atoms with Crippen molar-refractivity contribution in [3.8, 4) is 11.3 Å². The van der Waals surface area contributed by atoms with Gasteiger partial charge in [0.15, 0.2) is 0 Å². The Labute approximate surface area is 133 Å². The van der Waals surface area contributed by atoms with Crippen molar-refractivity contribution in [3.05, 3.63) is 79.1 Å². The fourth-order valence-electron chi connectivity index (χ4n) is 3.54. The number of aromatic nitrogens is 2. The first-order valence-electron chi connectivity index (χ1n) is 7.75. The maximum absolute atomic E-state index is 4.56. The van der Waals surface area contributed by atoms with Crippen LogP contribution in [0, 0.1) is 0 Å². The van der Waals surface area contributed by atoms with E-state index in [0.717, 1.165) is 5.69 Å². The smallest absolute Gasteiger partial charge is 0.0708 e. The zero-order valence-electron chi connectivity index (χ0n) is 12.5. The van der Waals surface area contributed by atoms with Gasteiger partial charge in [-0.1, -0.05) is 48.5 Å². The highest BCUT2D eigenvalue weighted by molar-refractivity contribution is 6.27. The summed E-state index contributed by atoms with van der Waals surface area (Å²) in [5.74, 6) is 0. The first kappa shape index (κ1) is 12.4. The average molecular weight is 294 g/mol. The van der Waals surface area contributed by atoms with Crippen LogP contribution in [-0.4, -0.2) is 9.97 Å². The van der Waals surface area contributed by atoms with E-state index in [9.17, 15) is 0 Å². The number of hydrogen-bond acceptors (Lipinski definition) is 1. The summed E-state index contributed by atoms with van der Waals surface area (Å²) < 4.78 is 0. The Bertz CT molecular complexity index is 1150. The van der Waals surface area contributed by atoms with Crippen molar-refractivity contribution < 1.29 is 0 Å². The van der Waals surface area contributed by atoms with Crippen LogP contribution in [0.5, 0.6) is 0 Å². The van der Waals surface area contributed by atoms with Crippen LogP contribution in [0.3, 0.4) is 0 Å². The van der Waals surface area contributed by atoms with Gasteiger partial charge < -0.3 is 4.98 Å². The lowest BCUT2D eigenvalue weighted by Gasteiger charge is -2.11. The molecule has 2 aromatic heterocycles. The molecule has 2 nitrogen and oxygen atoms in total. The predicted molar refractivity (Wildman–Crippen MR) is 96.5 cm³/mol. The van der Waals surface area contributed by atoms with Crippen molar-refractivity contribution >= 4 is 32.4 Å². The summed E-state index contributed by atoms with van der Waals surface area (Å²) in [5.41, 5.74) is 3.35. The number of hydrogen-bond donors (Lipinski definition) is 1. The van der Waals surface area contributed by atoms with Gasteiger partial charge in [-0.25, -0.2) is 0 Å². The molecule has 0 fully saturated rings. The van der Waals surface area contributed by atoms with Gasteiger partial charge in [0.05, 0.1) is 11.2 Å². The van der Waals surface area contributed by atoms with Crippen molar-refractivity contribution in [2.45, 2.75) is 0 Å². The van der Waals surface area contributed by atoms with Crippen LogP contribution in [0.25, 0.3) is 43.7 Å². The summed E-state index contributed by atoms with van der Waals surface area (Å²) in [6.45, 7) is 0. The lowest BCUT2D eigenvalue weighted by Crippen LogP contribution is -1.87. The third-order valence-corrected chi connectivity index (χ3v) is 4.51. The second-order valence-corrected chi connectivity index (χ2v) is 5.76. The molecule has 0 unspecified atom stereocenters. The third kappa shape index (κ3) is 1.72. The Morgan fingerprint density at radius 1 is 0.652 bits per heavy atom. The molecular formula is C21H14N2. The molecule has 23 heavy (non-hydrogen) atoms. The number of pyridine rings is 1. The largest absolute Gasteiger partial charge is 0.361 e. The van der Waals surface area contributed by atoms with E-state index in [-0.39, 0.29) is 0 Å². The summed E-state index contributed by atoms with van der Waals surface area (Å²) in [7, 11) is 0. The molecule has 2 heteroatoms. The molecule has 0 aliphatic heterocycles. The molecule has 0 aliphatic carbocycles. The number of rotatable bonds is 1. The lowest BCUT2D eigenvalue weighted by molar-refractivity contribution is 1.33. The van der Waals surface area contributed by atoms with Crippen LogP contribution in [0.4, 0.5) is 0 Å². The fourth-order valence-corrected chi connectivity index (χ4v) is 3.54. The van der Waals surface area contributed by atoms with Crippen LogP contribution in [0.1, 0.15) is 0 Å². The van der Waals surface area contributed by atoms with Crippen molar-refractivity contribution in [3.63, 3.8) is 0 Å². The zero-order chi connectivity index (χ0) is 15.2. The number of aromatic amines is 1. The van der Waals surface area contributed by atoms with E-state index in [4.69, 9.17) is 0 Å². The van der Waals surface area contributed by atoms with E-state index in [1.54, 1.807) is 0 Å². The standard InChI is InChI=1S/C21H14N2/c1-2-7-15-14(6-1)16-8-5-9-18(19-10-3-4-12-22-19)20(16)21-17(15)11-13-23-21/h1-13,23H. The summed E-state index contributed by atoms with van der Waals surface area (Å²) in [5, 5.41) is 6.34. The molecule has 0 radical (unpaired) electrons. The zero-order valence-corrected chi connectivity index (χ0v) is 12.5. The number of H-pyrrole nitrogens is 1. The van der Waals surface area contributed by atoms with Gasteiger partial charge in [-0.15, -0.1) is 0 Å². The van der Waals surface area contributed by atoms with E-state index in [1.807, 2.05) is 24.5 Å². The second-order valence-electron chi connectivity index (χ2n) is 5.76. The summed E-state index contributed by atoms with van der Waals surface area (Å²) in [6, 6.07) is 23.3. The molecule has 0 bridgehead atoms. The van der Waals surface area contributed by atoms with E-state index in [2.05, 4.69) is 64.6 Å². The lowest BCUT2D eigenvalue weighted by atomic mass is 9.94. The minimum atomic E-state index is 1.00. The molecule has 0 saturated heterocycles. The Kier molecular flexibility index (Phi) is 2.53. The SMILES string of the molecule is c1ccc(-c2cccc3c4ccccc4c4cc[nH]c4c23)nc1. The fraction of sp³-hybridized carbons (Fsp3) is 0. The summed E-state index contributed by atoms with van der Waals surface area (Å²) in [6.07, 6.45) is 3.87. The molecule has 1 N–H and O–H groups in total. The van der Waals surface area contributed by atoms with Gasteiger partial charge in [0.1, 0.15) is 0 Å². The van der Waals surface area contributed by atoms with Crippen molar-refractivity contribution in [1.29, 1.82) is 0 Å². The quantitative estimate of drug-likeness (QED) is 0.404.